The van der Waals surface area contributed by atoms with E-state index < -0.39 is 0 Å². The maximum absolute atomic E-state index is 5.80. The molecule has 0 spiro atoms. The molecule has 5 heteroatoms. The zero-order chi connectivity index (χ0) is 11.7. The second kappa shape index (κ2) is 4.32. The minimum Gasteiger partial charge on any atom is -0.383 e. The van der Waals surface area contributed by atoms with Crippen LogP contribution in [0.3, 0.4) is 0 Å². The topological polar surface area (TPSA) is 64.7 Å². The Labute approximate surface area is 107 Å². The van der Waals surface area contributed by atoms with E-state index in [0.717, 1.165) is 20.5 Å². The Morgan fingerprint density at radius 2 is 1.94 bits per heavy atom. The SMILES string of the molecule is Cc1ccc(-c2nc(C)c(I)c(N)n2)nc1. The first-order valence-corrected chi connectivity index (χ1v) is 5.88. The second-order valence-corrected chi connectivity index (χ2v) is 4.63. The minimum atomic E-state index is 0.505. The Kier molecular flexibility index (Phi) is 3.04. The molecule has 0 bridgehead atoms. The van der Waals surface area contributed by atoms with Gasteiger partial charge in [0.2, 0.25) is 0 Å². The highest BCUT2D eigenvalue weighted by Crippen LogP contribution is 2.20. The molecule has 0 unspecified atom stereocenters. The summed E-state index contributed by atoms with van der Waals surface area (Å²) in [5.41, 5.74) is 8.54. The van der Waals surface area contributed by atoms with Crippen LogP contribution in [0.4, 0.5) is 5.82 Å². The van der Waals surface area contributed by atoms with Gasteiger partial charge in [-0.25, -0.2) is 9.97 Å². The van der Waals surface area contributed by atoms with Crippen molar-refractivity contribution in [2.45, 2.75) is 13.8 Å². The first-order chi connectivity index (χ1) is 7.58. The van der Waals surface area contributed by atoms with Gasteiger partial charge in [-0.15, -0.1) is 0 Å². The van der Waals surface area contributed by atoms with E-state index in [2.05, 4.69) is 37.5 Å². The zero-order valence-corrected chi connectivity index (χ0v) is 11.2. The first-order valence-electron chi connectivity index (χ1n) is 4.80. The van der Waals surface area contributed by atoms with E-state index >= 15 is 0 Å². The van der Waals surface area contributed by atoms with E-state index in [1.165, 1.54) is 0 Å². The van der Waals surface area contributed by atoms with Gasteiger partial charge in [0.25, 0.3) is 0 Å². The number of rotatable bonds is 1. The third kappa shape index (κ3) is 2.13. The maximum atomic E-state index is 5.80. The number of hydrogen-bond donors (Lipinski definition) is 1. The summed E-state index contributed by atoms with van der Waals surface area (Å²) >= 11 is 2.14. The van der Waals surface area contributed by atoms with Crippen LogP contribution in [0.2, 0.25) is 0 Å². The monoisotopic (exact) mass is 326 g/mol. The van der Waals surface area contributed by atoms with Gasteiger partial charge in [-0.2, -0.15) is 0 Å². The smallest absolute Gasteiger partial charge is 0.180 e. The van der Waals surface area contributed by atoms with E-state index in [1.807, 2.05) is 26.0 Å². The number of hydrogen-bond acceptors (Lipinski definition) is 4. The predicted octanol–water partition coefficient (Wildman–Crippen LogP) is 2.34. The van der Waals surface area contributed by atoms with Gasteiger partial charge in [0.1, 0.15) is 11.5 Å². The zero-order valence-electron chi connectivity index (χ0n) is 9.03. The molecule has 0 amide bonds. The molecule has 0 atom stereocenters. The van der Waals surface area contributed by atoms with Crippen LogP contribution in [0.15, 0.2) is 18.3 Å². The number of halogens is 1. The van der Waals surface area contributed by atoms with Crippen molar-refractivity contribution >= 4 is 28.4 Å². The van der Waals surface area contributed by atoms with Gasteiger partial charge in [0.15, 0.2) is 5.82 Å². The van der Waals surface area contributed by atoms with Crippen molar-refractivity contribution in [3.8, 4) is 11.5 Å². The van der Waals surface area contributed by atoms with Crippen LogP contribution in [0.5, 0.6) is 0 Å². The first kappa shape index (κ1) is 11.3. The molecule has 16 heavy (non-hydrogen) atoms. The quantitative estimate of drug-likeness (QED) is 0.817. The van der Waals surface area contributed by atoms with Gasteiger partial charge < -0.3 is 5.73 Å². The lowest BCUT2D eigenvalue weighted by molar-refractivity contribution is 1.08. The summed E-state index contributed by atoms with van der Waals surface area (Å²) in [4.78, 5) is 12.9. The van der Waals surface area contributed by atoms with Crippen molar-refractivity contribution in [1.29, 1.82) is 0 Å². The number of nitrogens with two attached hydrogens (primary N) is 1. The Hall–Kier alpha value is -1.24. The highest BCUT2D eigenvalue weighted by atomic mass is 127. The molecule has 4 nitrogen and oxygen atoms in total. The summed E-state index contributed by atoms with van der Waals surface area (Å²) in [5.74, 6) is 1.08. The highest BCUT2D eigenvalue weighted by Gasteiger charge is 2.08. The third-order valence-corrected chi connectivity index (χ3v) is 3.52. The number of aromatic nitrogens is 3. The number of nitrogen functional groups attached to an aromatic ring is 1. The van der Waals surface area contributed by atoms with Crippen LogP contribution in [0.1, 0.15) is 11.3 Å². The average Bonchev–Trinajstić information content (AvgIpc) is 2.26. The molecular weight excluding hydrogens is 315 g/mol. The van der Waals surface area contributed by atoms with Crippen molar-refractivity contribution in [3.63, 3.8) is 0 Å². The molecule has 0 aliphatic heterocycles. The maximum Gasteiger partial charge on any atom is 0.180 e. The number of anilines is 1. The fraction of sp³-hybridized carbons (Fsp3) is 0.182. The third-order valence-electron chi connectivity index (χ3n) is 2.18. The molecule has 2 aromatic heterocycles. The van der Waals surface area contributed by atoms with Gasteiger partial charge in [-0.3, -0.25) is 4.98 Å². The fourth-order valence-corrected chi connectivity index (χ4v) is 1.54. The van der Waals surface area contributed by atoms with Crippen LogP contribution in [0, 0.1) is 17.4 Å². The van der Waals surface area contributed by atoms with E-state index in [9.17, 15) is 0 Å². The molecule has 0 aliphatic carbocycles. The molecule has 0 aromatic carbocycles. The lowest BCUT2D eigenvalue weighted by Gasteiger charge is -2.05. The lowest BCUT2D eigenvalue weighted by Crippen LogP contribution is -2.02. The molecule has 2 N–H and O–H groups in total. The summed E-state index contributed by atoms with van der Waals surface area (Å²) in [6.45, 7) is 3.91. The summed E-state index contributed by atoms with van der Waals surface area (Å²) in [6, 6.07) is 3.88. The highest BCUT2D eigenvalue weighted by molar-refractivity contribution is 14.1. The standard InChI is InChI=1S/C11H11IN4/c1-6-3-4-8(14-5-6)11-15-7(2)9(12)10(13)16-11/h3-5H,1-2H3,(H2,13,15,16). The van der Waals surface area contributed by atoms with E-state index in [-0.39, 0.29) is 0 Å². The van der Waals surface area contributed by atoms with Crippen molar-refractivity contribution < 1.29 is 0 Å². The molecule has 2 aromatic rings. The summed E-state index contributed by atoms with van der Waals surface area (Å²) in [7, 11) is 0. The second-order valence-electron chi connectivity index (χ2n) is 3.55. The molecule has 2 rings (SSSR count). The average molecular weight is 326 g/mol. The van der Waals surface area contributed by atoms with Gasteiger partial charge in [0, 0.05) is 6.20 Å². The van der Waals surface area contributed by atoms with Crippen LogP contribution >= 0.6 is 22.6 Å². The molecule has 2 heterocycles. The Morgan fingerprint density at radius 1 is 1.19 bits per heavy atom. The van der Waals surface area contributed by atoms with Crippen LogP contribution in [-0.2, 0) is 0 Å². The Bertz CT molecular complexity index is 499. The fourth-order valence-electron chi connectivity index (χ4n) is 1.30. The van der Waals surface area contributed by atoms with Crippen molar-refractivity contribution in [3.05, 3.63) is 33.2 Å². The predicted molar refractivity (Wildman–Crippen MR) is 71.9 cm³/mol. The van der Waals surface area contributed by atoms with Crippen molar-refractivity contribution in [2.24, 2.45) is 0 Å². The Morgan fingerprint density at radius 3 is 2.50 bits per heavy atom. The van der Waals surface area contributed by atoms with E-state index in [0.29, 0.717) is 11.6 Å². The van der Waals surface area contributed by atoms with Gasteiger partial charge in [-0.05, 0) is 48.1 Å². The number of aryl methyl sites for hydroxylation is 2. The van der Waals surface area contributed by atoms with Gasteiger partial charge in [-0.1, -0.05) is 6.07 Å². The molecule has 0 saturated carbocycles. The van der Waals surface area contributed by atoms with Crippen molar-refractivity contribution in [1.82, 2.24) is 15.0 Å². The van der Waals surface area contributed by atoms with Gasteiger partial charge >= 0.3 is 0 Å². The number of pyridine rings is 1. The largest absolute Gasteiger partial charge is 0.383 e. The Balaban J connectivity index is 2.52. The minimum absolute atomic E-state index is 0.505. The summed E-state index contributed by atoms with van der Waals surface area (Å²) in [5, 5.41) is 0. The molecule has 82 valence electrons. The van der Waals surface area contributed by atoms with Crippen molar-refractivity contribution in [2.75, 3.05) is 5.73 Å². The number of nitrogens with zero attached hydrogens (tertiary/aromatic N) is 3. The molecule has 0 fully saturated rings. The molecule has 0 radical (unpaired) electrons. The molecular formula is C11H11IN4. The van der Waals surface area contributed by atoms with E-state index in [4.69, 9.17) is 5.73 Å². The molecule has 0 saturated heterocycles. The van der Waals surface area contributed by atoms with E-state index in [1.54, 1.807) is 6.20 Å². The lowest BCUT2D eigenvalue weighted by atomic mass is 10.2. The van der Waals surface area contributed by atoms with Gasteiger partial charge in [0.05, 0.1) is 9.26 Å². The normalized spacial score (nSPS) is 10.4. The molecule has 0 aliphatic rings. The van der Waals surface area contributed by atoms with Crippen LogP contribution in [-0.4, -0.2) is 15.0 Å². The summed E-state index contributed by atoms with van der Waals surface area (Å²) in [6.07, 6.45) is 1.79. The summed E-state index contributed by atoms with van der Waals surface area (Å²) < 4.78 is 0.897. The van der Waals surface area contributed by atoms with Crippen LogP contribution < -0.4 is 5.73 Å². The van der Waals surface area contributed by atoms with Crippen LogP contribution in [0.25, 0.3) is 11.5 Å².